The van der Waals surface area contributed by atoms with Crippen LogP contribution in [0.3, 0.4) is 0 Å². The molecule has 4 nitrogen and oxygen atoms in total. The van der Waals surface area contributed by atoms with Crippen LogP contribution in [0.4, 0.5) is 5.69 Å². The summed E-state index contributed by atoms with van der Waals surface area (Å²) < 4.78 is 0. The predicted octanol–water partition coefficient (Wildman–Crippen LogP) is 4.50. The van der Waals surface area contributed by atoms with Crippen molar-refractivity contribution in [3.05, 3.63) is 28.2 Å². The number of nitrogens with one attached hydrogen (secondary N) is 1. The summed E-state index contributed by atoms with van der Waals surface area (Å²) in [6.07, 6.45) is 5.39. The molecule has 2 fully saturated rings. The van der Waals surface area contributed by atoms with Crippen molar-refractivity contribution in [3.63, 3.8) is 0 Å². The van der Waals surface area contributed by atoms with Crippen molar-refractivity contribution in [2.24, 2.45) is 5.41 Å². The molecule has 1 aromatic rings. The molecule has 3 rings (SSSR count). The Morgan fingerprint density at radius 3 is 2.62 bits per heavy atom. The average molecular weight is 369 g/mol. The fourth-order valence-corrected chi connectivity index (χ4v) is 3.75. The van der Waals surface area contributed by atoms with Crippen LogP contribution in [0.15, 0.2) is 18.2 Å². The van der Waals surface area contributed by atoms with Gasteiger partial charge in [0.25, 0.3) is 0 Å². The minimum absolute atomic E-state index is 0.00777. The standard InChI is InChI=1S/C18H22Cl2N2O2/c1-2-13-5-3-4-10-22(13)17(24)18(8-9-18)16(23)21-12-6-7-14(19)15(20)11-12/h6-7,11,13H,2-5,8-10H2,1H3,(H,21,23). The van der Waals surface area contributed by atoms with E-state index in [1.54, 1.807) is 18.2 Å². The van der Waals surface area contributed by atoms with Crippen molar-refractivity contribution < 1.29 is 9.59 Å². The van der Waals surface area contributed by atoms with E-state index in [4.69, 9.17) is 23.2 Å². The molecule has 2 amide bonds. The molecule has 1 aromatic carbocycles. The van der Waals surface area contributed by atoms with Crippen LogP contribution >= 0.6 is 23.2 Å². The first-order chi connectivity index (χ1) is 11.5. The highest BCUT2D eigenvalue weighted by Crippen LogP contribution is 2.49. The van der Waals surface area contributed by atoms with E-state index in [1.807, 2.05) is 4.90 Å². The molecule has 0 radical (unpaired) electrons. The summed E-state index contributed by atoms with van der Waals surface area (Å²) in [5.74, 6) is -0.238. The van der Waals surface area contributed by atoms with Gasteiger partial charge >= 0.3 is 0 Å². The number of carbonyl (C=O) groups excluding carboxylic acids is 2. The molecular weight excluding hydrogens is 347 g/mol. The molecule has 1 aliphatic carbocycles. The molecule has 6 heteroatoms. The van der Waals surface area contributed by atoms with Crippen molar-refractivity contribution in [1.82, 2.24) is 4.90 Å². The van der Waals surface area contributed by atoms with Crippen molar-refractivity contribution in [1.29, 1.82) is 0 Å². The highest BCUT2D eigenvalue weighted by Gasteiger charge is 2.58. The molecule has 1 saturated carbocycles. The van der Waals surface area contributed by atoms with Crippen LogP contribution in [0.25, 0.3) is 0 Å². The molecule has 1 unspecified atom stereocenters. The number of amides is 2. The van der Waals surface area contributed by atoms with Gasteiger partial charge in [-0.2, -0.15) is 0 Å². The summed E-state index contributed by atoms with van der Waals surface area (Å²) in [5.41, 5.74) is -0.323. The van der Waals surface area contributed by atoms with Gasteiger partial charge in [0.15, 0.2) is 0 Å². The Morgan fingerprint density at radius 1 is 1.25 bits per heavy atom. The van der Waals surface area contributed by atoms with Crippen LogP contribution < -0.4 is 5.32 Å². The Kier molecular flexibility index (Phi) is 5.07. The number of nitrogens with zero attached hydrogens (tertiary/aromatic N) is 1. The third-order valence-corrected chi connectivity index (χ3v) is 5.87. The number of halogens is 2. The first-order valence-corrected chi connectivity index (χ1v) is 9.31. The van der Waals surface area contributed by atoms with Crippen molar-refractivity contribution in [2.75, 3.05) is 11.9 Å². The van der Waals surface area contributed by atoms with E-state index in [0.717, 1.165) is 32.2 Å². The zero-order valence-corrected chi connectivity index (χ0v) is 15.3. The van der Waals surface area contributed by atoms with Gasteiger partial charge in [0.2, 0.25) is 11.8 Å². The molecular formula is C18H22Cl2N2O2. The second-order valence-corrected chi connectivity index (χ2v) is 7.54. The fraction of sp³-hybridized carbons (Fsp3) is 0.556. The van der Waals surface area contributed by atoms with E-state index in [-0.39, 0.29) is 17.9 Å². The lowest BCUT2D eigenvalue weighted by Gasteiger charge is -2.37. The SMILES string of the molecule is CCC1CCCCN1C(=O)C1(C(=O)Nc2ccc(Cl)c(Cl)c2)CC1. The van der Waals surface area contributed by atoms with E-state index in [9.17, 15) is 9.59 Å². The largest absolute Gasteiger partial charge is 0.339 e. The molecule has 1 atom stereocenters. The molecule has 1 aliphatic heterocycles. The van der Waals surface area contributed by atoms with Crippen LogP contribution in [0.5, 0.6) is 0 Å². The fourth-order valence-electron chi connectivity index (χ4n) is 3.45. The molecule has 1 saturated heterocycles. The lowest BCUT2D eigenvalue weighted by atomic mass is 9.95. The zero-order valence-electron chi connectivity index (χ0n) is 13.8. The predicted molar refractivity (Wildman–Crippen MR) is 96.4 cm³/mol. The van der Waals surface area contributed by atoms with Crippen LogP contribution in [-0.4, -0.2) is 29.3 Å². The topological polar surface area (TPSA) is 49.4 Å². The maximum absolute atomic E-state index is 13.0. The first-order valence-electron chi connectivity index (χ1n) is 8.55. The molecule has 1 N–H and O–H groups in total. The quantitative estimate of drug-likeness (QED) is 0.795. The first kappa shape index (κ1) is 17.6. The number of rotatable bonds is 4. The summed E-state index contributed by atoms with van der Waals surface area (Å²) in [6.45, 7) is 2.87. The van der Waals surface area contributed by atoms with E-state index in [0.29, 0.717) is 28.6 Å². The number of piperidine rings is 1. The Balaban J connectivity index is 1.73. The monoisotopic (exact) mass is 368 g/mol. The third-order valence-electron chi connectivity index (χ3n) is 5.13. The van der Waals surface area contributed by atoms with Crippen LogP contribution in [0, 0.1) is 5.41 Å². The zero-order chi connectivity index (χ0) is 17.3. The molecule has 0 spiro atoms. The summed E-state index contributed by atoms with van der Waals surface area (Å²) in [5, 5.41) is 3.65. The van der Waals surface area contributed by atoms with Gasteiger partial charge in [-0.15, -0.1) is 0 Å². The van der Waals surface area contributed by atoms with Gasteiger partial charge in [-0.25, -0.2) is 0 Å². The van der Waals surface area contributed by atoms with Gasteiger partial charge in [0.05, 0.1) is 10.0 Å². The summed E-state index contributed by atoms with van der Waals surface area (Å²) in [4.78, 5) is 27.7. The molecule has 130 valence electrons. The summed E-state index contributed by atoms with van der Waals surface area (Å²) >= 11 is 11.9. The molecule has 24 heavy (non-hydrogen) atoms. The van der Waals surface area contributed by atoms with Gasteiger partial charge in [-0.3, -0.25) is 9.59 Å². The van der Waals surface area contributed by atoms with Crippen LogP contribution in [0.2, 0.25) is 10.0 Å². The Hall–Kier alpha value is -1.26. The van der Waals surface area contributed by atoms with Gasteiger partial charge in [-0.05, 0) is 56.7 Å². The van der Waals surface area contributed by atoms with Crippen LogP contribution in [0.1, 0.15) is 45.4 Å². The van der Waals surface area contributed by atoms with Crippen molar-refractivity contribution in [2.45, 2.75) is 51.5 Å². The minimum Gasteiger partial charge on any atom is -0.339 e. The van der Waals surface area contributed by atoms with Gasteiger partial charge in [0, 0.05) is 18.3 Å². The summed E-state index contributed by atoms with van der Waals surface area (Å²) in [7, 11) is 0. The normalized spacial score (nSPS) is 22.1. The number of carbonyl (C=O) groups is 2. The second-order valence-electron chi connectivity index (χ2n) is 6.72. The highest BCUT2D eigenvalue weighted by atomic mass is 35.5. The van der Waals surface area contributed by atoms with Gasteiger partial charge in [-0.1, -0.05) is 30.1 Å². The number of anilines is 1. The van der Waals surface area contributed by atoms with E-state index < -0.39 is 5.41 Å². The van der Waals surface area contributed by atoms with E-state index >= 15 is 0 Å². The molecule has 0 bridgehead atoms. The third kappa shape index (κ3) is 3.27. The molecule has 2 aliphatic rings. The Bertz CT molecular complexity index is 658. The molecule has 0 aromatic heterocycles. The van der Waals surface area contributed by atoms with Crippen molar-refractivity contribution in [3.8, 4) is 0 Å². The van der Waals surface area contributed by atoms with E-state index in [1.165, 1.54) is 0 Å². The Morgan fingerprint density at radius 2 is 2.00 bits per heavy atom. The van der Waals surface area contributed by atoms with Crippen molar-refractivity contribution >= 4 is 40.7 Å². The number of hydrogen-bond donors (Lipinski definition) is 1. The summed E-state index contributed by atoms with van der Waals surface area (Å²) in [6, 6.07) is 5.21. The average Bonchev–Trinajstić information content (AvgIpc) is 3.39. The van der Waals surface area contributed by atoms with Gasteiger partial charge < -0.3 is 10.2 Å². The number of benzene rings is 1. The lowest BCUT2D eigenvalue weighted by molar-refractivity contribution is -0.145. The lowest BCUT2D eigenvalue weighted by Crippen LogP contribution is -2.49. The minimum atomic E-state index is -0.892. The smallest absolute Gasteiger partial charge is 0.240 e. The maximum atomic E-state index is 13.0. The number of likely N-dealkylation sites (tertiary alicyclic amines) is 1. The van der Waals surface area contributed by atoms with E-state index in [2.05, 4.69) is 12.2 Å². The molecule has 1 heterocycles. The number of hydrogen-bond acceptors (Lipinski definition) is 2. The maximum Gasteiger partial charge on any atom is 0.240 e. The van der Waals surface area contributed by atoms with Crippen LogP contribution in [-0.2, 0) is 9.59 Å². The second kappa shape index (κ2) is 6.93. The Labute approximate surface area is 152 Å². The van der Waals surface area contributed by atoms with Gasteiger partial charge in [0.1, 0.15) is 5.41 Å². The highest BCUT2D eigenvalue weighted by molar-refractivity contribution is 6.42.